The zero-order valence-corrected chi connectivity index (χ0v) is 16.3. The molecule has 0 bridgehead atoms. The molecule has 0 radical (unpaired) electrons. The van der Waals surface area contributed by atoms with E-state index in [4.69, 9.17) is 4.74 Å². The Hall–Kier alpha value is -3.06. The Kier molecular flexibility index (Phi) is 6.49. The molecule has 0 atom stereocenters. The summed E-state index contributed by atoms with van der Waals surface area (Å²) < 4.78 is 5.07. The van der Waals surface area contributed by atoms with Gasteiger partial charge in [0.15, 0.2) is 0 Å². The molecule has 7 heteroatoms. The molecule has 0 saturated carbocycles. The molecule has 1 aliphatic rings. The molecule has 0 aliphatic carbocycles. The van der Waals surface area contributed by atoms with Crippen LogP contribution in [0.4, 0.5) is 16.2 Å². The van der Waals surface area contributed by atoms with E-state index in [1.807, 2.05) is 12.1 Å². The Morgan fingerprint density at radius 2 is 1.68 bits per heavy atom. The number of amides is 3. The maximum Gasteiger partial charge on any atom is 0.325 e. The number of benzene rings is 2. The van der Waals surface area contributed by atoms with Crippen LogP contribution in [0.1, 0.15) is 5.56 Å². The number of methoxy groups -OCH3 is 1. The second-order valence-corrected chi connectivity index (χ2v) is 6.78. The van der Waals surface area contributed by atoms with Crippen molar-refractivity contribution in [1.29, 1.82) is 0 Å². The molecule has 2 aromatic rings. The minimum atomic E-state index is -0.534. The molecular formula is C21H26N4O3. The Morgan fingerprint density at radius 1 is 1.00 bits per heavy atom. The summed E-state index contributed by atoms with van der Waals surface area (Å²) in [7, 11) is 1.58. The van der Waals surface area contributed by atoms with Gasteiger partial charge < -0.3 is 15.0 Å². The van der Waals surface area contributed by atoms with Gasteiger partial charge in [0.25, 0.3) is 0 Å². The van der Waals surface area contributed by atoms with Crippen LogP contribution < -0.4 is 20.3 Å². The molecule has 0 spiro atoms. The van der Waals surface area contributed by atoms with Crippen molar-refractivity contribution in [3.63, 3.8) is 0 Å². The van der Waals surface area contributed by atoms with Crippen LogP contribution in [-0.2, 0) is 4.79 Å². The number of hydrogen-bond acceptors (Lipinski definition) is 5. The number of rotatable bonds is 5. The van der Waals surface area contributed by atoms with Gasteiger partial charge in [-0.2, -0.15) is 0 Å². The van der Waals surface area contributed by atoms with Gasteiger partial charge in [-0.1, -0.05) is 18.2 Å². The first-order valence-electron chi connectivity index (χ1n) is 9.33. The van der Waals surface area contributed by atoms with E-state index in [0.717, 1.165) is 26.2 Å². The molecule has 2 aromatic carbocycles. The lowest BCUT2D eigenvalue weighted by molar-refractivity contribution is -0.121. The molecule has 28 heavy (non-hydrogen) atoms. The third-order valence-electron chi connectivity index (χ3n) is 4.80. The van der Waals surface area contributed by atoms with Crippen LogP contribution >= 0.6 is 0 Å². The zero-order chi connectivity index (χ0) is 19.9. The topological polar surface area (TPSA) is 73.9 Å². The first-order chi connectivity index (χ1) is 13.5. The minimum Gasteiger partial charge on any atom is -0.497 e. The van der Waals surface area contributed by atoms with E-state index in [1.54, 1.807) is 31.4 Å². The number of para-hydroxylation sites is 1. The first kappa shape index (κ1) is 19.7. The van der Waals surface area contributed by atoms with Crippen molar-refractivity contribution in [2.75, 3.05) is 50.1 Å². The average molecular weight is 382 g/mol. The van der Waals surface area contributed by atoms with Crippen LogP contribution in [0.15, 0.2) is 48.5 Å². The number of carbonyl (C=O) groups is 2. The quantitative estimate of drug-likeness (QED) is 0.831. The lowest BCUT2D eigenvalue weighted by atomic mass is 10.1. The Balaban J connectivity index is 1.42. The standard InChI is InChI=1S/C21H26N4O3/c1-16-5-3-4-6-19(16)25-13-11-24(12-14-25)15-20(26)23-21(27)22-17-7-9-18(28-2)10-8-17/h3-10H,11-15H2,1-2H3,(H2,22,23,26,27). The van der Waals surface area contributed by atoms with Gasteiger partial charge >= 0.3 is 6.03 Å². The Morgan fingerprint density at radius 3 is 2.32 bits per heavy atom. The molecule has 3 rings (SSSR count). The molecular weight excluding hydrogens is 356 g/mol. The van der Waals surface area contributed by atoms with Crippen molar-refractivity contribution in [2.24, 2.45) is 0 Å². The summed E-state index contributed by atoms with van der Waals surface area (Å²) in [5, 5.41) is 5.02. The molecule has 1 aliphatic heterocycles. The SMILES string of the molecule is COc1ccc(NC(=O)NC(=O)CN2CCN(c3ccccc3C)CC2)cc1. The molecule has 0 unspecified atom stereocenters. The summed E-state index contributed by atoms with van der Waals surface area (Å²) in [6.45, 7) is 5.59. The van der Waals surface area contributed by atoms with Crippen LogP contribution in [0.2, 0.25) is 0 Å². The van der Waals surface area contributed by atoms with E-state index in [9.17, 15) is 9.59 Å². The van der Waals surface area contributed by atoms with Crippen molar-refractivity contribution in [3.05, 3.63) is 54.1 Å². The number of urea groups is 1. The van der Waals surface area contributed by atoms with Gasteiger partial charge in [0.05, 0.1) is 13.7 Å². The highest BCUT2D eigenvalue weighted by atomic mass is 16.5. The van der Waals surface area contributed by atoms with E-state index in [0.29, 0.717) is 11.4 Å². The summed E-state index contributed by atoms with van der Waals surface area (Å²) in [6.07, 6.45) is 0. The van der Waals surface area contributed by atoms with E-state index in [2.05, 4.69) is 39.5 Å². The van der Waals surface area contributed by atoms with Crippen LogP contribution in [0.25, 0.3) is 0 Å². The number of carbonyl (C=O) groups excluding carboxylic acids is 2. The number of piperazine rings is 1. The fourth-order valence-electron chi connectivity index (χ4n) is 3.27. The van der Waals surface area contributed by atoms with Gasteiger partial charge in [-0.05, 0) is 42.8 Å². The third kappa shape index (κ3) is 5.23. The zero-order valence-electron chi connectivity index (χ0n) is 16.3. The van der Waals surface area contributed by atoms with Gasteiger partial charge in [-0.3, -0.25) is 15.0 Å². The number of hydrogen-bond donors (Lipinski definition) is 2. The van der Waals surface area contributed by atoms with Gasteiger partial charge in [0, 0.05) is 37.6 Å². The number of anilines is 2. The summed E-state index contributed by atoms with van der Waals surface area (Å²) in [4.78, 5) is 28.6. The summed E-state index contributed by atoms with van der Waals surface area (Å²) in [5.41, 5.74) is 3.09. The predicted octanol–water partition coefficient (Wildman–Crippen LogP) is 2.47. The number of nitrogens with one attached hydrogen (secondary N) is 2. The molecule has 7 nitrogen and oxygen atoms in total. The highest BCUT2D eigenvalue weighted by Gasteiger charge is 2.20. The van der Waals surface area contributed by atoms with Crippen LogP contribution in [0.3, 0.4) is 0 Å². The summed E-state index contributed by atoms with van der Waals surface area (Å²) in [6, 6.07) is 14.7. The second-order valence-electron chi connectivity index (χ2n) is 6.78. The lowest BCUT2D eigenvalue weighted by Crippen LogP contribution is -2.50. The van der Waals surface area contributed by atoms with Gasteiger partial charge in [-0.15, -0.1) is 0 Å². The smallest absolute Gasteiger partial charge is 0.325 e. The summed E-state index contributed by atoms with van der Waals surface area (Å²) >= 11 is 0. The maximum atomic E-state index is 12.2. The molecule has 3 amide bonds. The highest BCUT2D eigenvalue weighted by molar-refractivity contribution is 6.01. The largest absolute Gasteiger partial charge is 0.497 e. The maximum absolute atomic E-state index is 12.2. The monoisotopic (exact) mass is 382 g/mol. The number of aryl methyl sites for hydroxylation is 1. The normalized spacial score (nSPS) is 14.4. The van der Waals surface area contributed by atoms with E-state index >= 15 is 0 Å². The molecule has 1 heterocycles. The van der Waals surface area contributed by atoms with Crippen molar-refractivity contribution in [2.45, 2.75) is 6.92 Å². The molecule has 1 fully saturated rings. The number of ether oxygens (including phenoxy) is 1. The third-order valence-corrected chi connectivity index (χ3v) is 4.80. The van der Waals surface area contributed by atoms with Crippen LogP contribution in [0, 0.1) is 6.92 Å². The second kappa shape index (κ2) is 9.23. The molecule has 148 valence electrons. The first-order valence-corrected chi connectivity index (χ1v) is 9.33. The molecule has 1 saturated heterocycles. The summed E-state index contributed by atoms with van der Waals surface area (Å²) in [5.74, 6) is 0.391. The van der Waals surface area contributed by atoms with Crippen molar-refractivity contribution in [1.82, 2.24) is 10.2 Å². The average Bonchev–Trinajstić information content (AvgIpc) is 2.69. The fourth-order valence-corrected chi connectivity index (χ4v) is 3.27. The van der Waals surface area contributed by atoms with Gasteiger partial charge in [-0.25, -0.2) is 4.79 Å². The van der Waals surface area contributed by atoms with E-state index < -0.39 is 6.03 Å². The van der Waals surface area contributed by atoms with Gasteiger partial charge in [0.1, 0.15) is 5.75 Å². The number of imide groups is 1. The Labute approximate surface area is 165 Å². The lowest BCUT2D eigenvalue weighted by Gasteiger charge is -2.36. The minimum absolute atomic E-state index is 0.206. The van der Waals surface area contributed by atoms with E-state index in [1.165, 1.54) is 11.3 Å². The highest BCUT2D eigenvalue weighted by Crippen LogP contribution is 2.20. The predicted molar refractivity (Wildman–Crippen MR) is 110 cm³/mol. The Bertz CT molecular complexity index is 815. The fraction of sp³-hybridized carbons (Fsp3) is 0.333. The van der Waals surface area contributed by atoms with Crippen LogP contribution in [0.5, 0.6) is 5.75 Å². The van der Waals surface area contributed by atoms with Crippen LogP contribution in [-0.4, -0.2) is 56.7 Å². The van der Waals surface area contributed by atoms with Gasteiger partial charge in [0.2, 0.25) is 5.91 Å². The van der Waals surface area contributed by atoms with Crippen molar-refractivity contribution >= 4 is 23.3 Å². The number of nitrogens with zero attached hydrogens (tertiary/aromatic N) is 2. The van der Waals surface area contributed by atoms with Crippen molar-refractivity contribution < 1.29 is 14.3 Å². The molecule has 2 N–H and O–H groups in total. The van der Waals surface area contributed by atoms with E-state index in [-0.39, 0.29) is 12.5 Å². The van der Waals surface area contributed by atoms with Crippen molar-refractivity contribution in [3.8, 4) is 5.75 Å². The molecule has 0 aromatic heterocycles.